The number of aromatic nitrogens is 3. The van der Waals surface area contributed by atoms with Crippen LogP contribution in [0.2, 0.25) is 0 Å². The molecule has 100 valence electrons. The summed E-state index contributed by atoms with van der Waals surface area (Å²) in [6.45, 7) is 3.06. The molecule has 0 saturated carbocycles. The highest BCUT2D eigenvalue weighted by molar-refractivity contribution is 5.47. The van der Waals surface area contributed by atoms with Crippen LogP contribution in [0.25, 0.3) is 0 Å². The summed E-state index contributed by atoms with van der Waals surface area (Å²) >= 11 is 0. The van der Waals surface area contributed by atoms with Gasteiger partial charge in [0.1, 0.15) is 17.5 Å². The van der Waals surface area contributed by atoms with Gasteiger partial charge in [0.2, 0.25) is 0 Å². The number of rotatable bonds is 3. The molecule has 6 heteroatoms. The number of nitrogens with one attached hydrogen (secondary N) is 1. The van der Waals surface area contributed by atoms with Gasteiger partial charge in [-0.2, -0.15) is 0 Å². The lowest BCUT2D eigenvalue weighted by Crippen LogP contribution is -2.35. The van der Waals surface area contributed by atoms with Crippen molar-refractivity contribution in [3.63, 3.8) is 0 Å². The molecule has 19 heavy (non-hydrogen) atoms. The molecule has 0 spiro atoms. The van der Waals surface area contributed by atoms with Gasteiger partial charge in [-0.25, -0.2) is 14.4 Å². The van der Waals surface area contributed by atoms with Gasteiger partial charge < -0.3 is 14.8 Å². The Morgan fingerprint density at radius 3 is 3.11 bits per heavy atom. The van der Waals surface area contributed by atoms with Gasteiger partial charge in [-0.1, -0.05) is 0 Å². The summed E-state index contributed by atoms with van der Waals surface area (Å²) in [5, 5.41) is 3.05. The van der Waals surface area contributed by atoms with Crippen LogP contribution in [0.1, 0.15) is 11.4 Å². The third-order valence-corrected chi connectivity index (χ3v) is 3.32. The zero-order valence-electron chi connectivity index (χ0n) is 10.8. The van der Waals surface area contributed by atoms with E-state index in [4.69, 9.17) is 0 Å². The van der Waals surface area contributed by atoms with Gasteiger partial charge in [-0.15, -0.1) is 0 Å². The van der Waals surface area contributed by atoms with E-state index in [9.17, 15) is 4.39 Å². The fourth-order valence-corrected chi connectivity index (χ4v) is 2.43. The maximum atomic E-state index is 13.3. The van der Waals surface area contributed by atoms with Gasteiger partial charge in [-0.05, 0) is 13.1 Å². The number of fused-ring (bicyclic) bond motifs is 1. The molecule has 0 radical (unpaired) electrons. The van der Waals surface area contributed by atoms with Crippen molar-refractivity contribution in [3.8, 4) is 0 Å². The quantitative estimate of drug-likeness (QED) is 0.900. The molecular formula is C13H16FN5. The Morgan fingerprint density at radius 2 is 2.26 bits per heavy atom. The Balaban J connectivity index is 1.90. The van der Waals surface area contributed by atoms with E-state index in [1.54, 1.807) is 6.07 Å². The molecule has 0 unspecified atom stereocenters. The first-order valence-corrected chi connectivity index (χ1v) is 6.32. The largest absolute Gasteiger partial charge is 0.347 e. The minimum atomic E-state index is -0.299. The first-order chi connectivity index (χ1) is 9.28. The fraction of sp³-hybridized carbons (Fsp3) is 0.385. The molecule has 1 N–H and O–H groups in total. The Bertz CT molecular complexity index is 580. The molecule has 0 atom stereocenters. The van der Waals surface area contributed by atoms with Crippen LogP contribution in [0.4, 0.5) is 10.2 Å². The van der Waals surface area contributed by atoms with E-state index in [1.807, 2.05) is 19.4 Å². The Morgan fingerprint density at radius 1 is 1.37 bits per heavy atom. The Hall–Kier alpha value is -1.95. The second-order valence-corrected chi connectivity index (χ2v) is 4.63. The van der Waals surface area contributed by atoms with Crippen molar-refractivity contribution in [3.05, 3.63) is 41.9 Å². The standard InChI is InChI=1S/C13H16FN5/c1-15-7-10-6-11(14)8-17-13(10)19-5-4-18-3-2-16-12(18)9-19/h2-3,6,8,15H,4-5,7,9H2,1H3. The van der Waals surface area contributed by atoms with Crippen molar-refractivity contribution in [2.24, 2.45) is 0 Å². The number of nitrogens with zero attached hydrogens (tertiary/aromatic N) is 4. The molecule has 0 bridgehead atoms. The smallest absolute Gasteiger partial charge is 0.141 e. The molecule has 0 saturated heterocycles. The van der Waals surface area contributed by atoms with Crippen molar-refractivity contribution in [1.29, 1.82) is 0 Å². The summed E-state index contributed by atoms with van der Waals surface area (Å²) in [7, 11) is 1.84. The summed E-state index contributed by atoms with van der Waals surface area (Å²) in [6.07, 6.45) is 5.07. The van der Waals surface area contributed by atoms with Gasteiger partial charge in [0.05, 0.1) is 12.7 Å². The summed E-state index contributed by atoms with van der Waals surface area (Å²) in [5.74, 6) is 1.56. The summed E-state index contributed by atoms with van der Waals surface area (Å²) in [5.41, 5.74) is 0.877. The number of halogens is 1. The molecule has 0 aromatic carbocycles. The van der Waals surface area contributed by atoms with Crippen LogP contribution < -0.4 is 10.2 Å². The maximum absolute atomic E-state index is 13.3. The van der Waals surface area contributed by atoms with Crippen LogP contribution in [0.3, 0.4) is 0 Å². The molecule has 1 aliphatic heterocycles. The molecule has 5 nitrogen and oxygen atoms in total. The van der Waals surface area contributed by atoms with Crippen molar-refractivity contribution in [2.45, 2.75) is 19.6 Å². The zero-order valence-corrected chi connectivity index (χ0v) is 10.8. The number of anilines is 1. The van der Waals surface area contributed by atoms with Crippen LogP contribution in [-0.2, 0) is 19.6 Å². The summed E-state index contributed by atoms with van der Waals surface area (Å²) < 4.78 is 15.4. The highest BCUT2D eigenvalue weighted by atomic mass is 19.1. The van der Waals surface area contributed by atoms with Gasteiger partial charge in [0.25, 0.3) is 0 Å². The summed E-state index contributed by atoms with van der Waals surface area (Å²) in [6, 6.07) is 1.54. The monoisotopic (exact) mass is 261 g/mol. The molecule has 0 aliphatic carbocycles. The van der Waals surface area contributed by atoms with Gasteiger partial charge >= 0.3 is 0 Å². The van der Waals surface area contributed by atoms with Crippen LogP contribution >= 0.6 is 0 Å². The minimum Gasteiger partial charge on any atom is -0.347 e. The van der Waals surface area contributed by atoms with Gasteiger partial charge in [-0.3, -0.25) is 0 Å². The van der Waals surface area contributed by atoms with E-state index in [0.717, 1.165) is 30.3 Å². The topological polar surface area (TPSA) is 46.0 Å². The fourth-order valence-electron chi connectivity index (χ4n) is 2.43. The highest BCUT2D eigenvalue weighted by Crippen LogP contribution is 2.22. The maximum Gasteiger partial charge on any atom is 0.141 e. The SMILES string of the molecule is CNCc1cc(F)cnc1N1CCn2ccnc2C1. The van der Waals surface area contributed by atoms with Crippen LogP contribution in [0.5, 0.6) is 0 Å². The third-order valence-electron chi connectivity index (χ3n) is 3.32. The molecule has 0 amide bonds. The van der Waals surface area contributed by atoms with E-state index >= 15 is 0 Å². The zero-order chi connectivity index (χ0) is 13.2. The van der Waals surface area contributed by atoms with E-state index in [-0.39, 0.29) is 5.82 Å². The number of pyridine rings is 1. The number of imidazole rings is 1. The van der Waals surface area contributed by atoms with Crippen LogP contribution in [0, 0.1) is 5.82 Å². The molecule has 2 aromatic rings. The van der Waals surface area contributed by atoms with Crippen molar-refractivity contribution in [2.75, 3.05) is 18.5 Å². The second-order valence-electron chi connectivity index (χ2n) is 4.63. The summed E-state index contributed by atoms with van der Waals surface area (Å²) in [4.78, 5) is 10.7. The minimum absolute atomic E-state index is 0.299. The van der Waals surface area contributed by atoms with Crippen LogP contribution in [-0.4, -0.2) is 28.1 Å². The highest BCUT2D eigenvalue weighted by Gasteiger charge is 2.20. The normalized spacial score (nSPS) is 14.5. The van der Waals surface area contributed by atoms with Crippen LogP contribution in [0.15, 0.2) is 24.7 Å². The van der Waals surface area contributed by atoms with E-state index in [1.165, 1.54) is 6.20 Å². The van der Waals surface area contributed by atoms with Gasteiger partial charge in [0, 0.05) is 37.6 Å². The lowest BCUT2D eigenvalue weighted by molar-refractivity contribution is 0.551. The second kappa shape index (κ2) is 4.97. The Labute approximate surface area is 111 Å². The first kappa shape index (κ1) is 12.1. The number of hydrogen-bond acceptors (Lipinski definition) is 4. The molecule has 2 aromatic heterocycles. The molecule has 1 aliphatic rings. The van der Waals surface area contributed by atoms with E-state index in [0.29, 0.717) is 13.1 Å². The Kier molecular flexibility index (Phi) is 3.16. The average molecular weight is 261 g/mol. The molecule has 3 rings (SSSR count). The predicted molar refractivity (Wildman–Crippen MR) is 70.2 cm³/mol. The van der Waals surface area contributed by atoms with Crippen molar-refractivity contribution >= 4 is 5.82 Å². The van der Waals surface area contributed by atoms with Gasteiger partial charge in [0.15, 0.2) is 0 Å². The van der Waals surface area contributed by atoms with E-state index < -0.39 is 0 Å². The van der Waals surface area contributed by atoms with Crippen molar-refractivity contribution in [1.82, 2.24) is 19.9 Å². The number of hydrogen-bond donors (Lipinski definition) is 1. The first-order valence-electron chi connectivity index (χ1n) is 6.32. The average Bonchev–Trinajstić information content (AvgIpc) is 2.86. The lowest BCUT2D eigenvalue weighted by Gasteiger charge is -2.30. The van der Waals surface area contributed by atoms with Crippen molar-refractivity contribution < 1.29 is 4.39 Å². The molecule has 3 heterocycles. The third kappa shape index (κ3) is 2.31. The predicted octanol–water partition coefficient (Wildman–Crippen LogP) is 1.16. The van der Waals surface area contributed by atoms with E-state index in [2.05, 4.69) is 24.8 Å². The molecule has 0 fully saturated rings. The molecular weight excluding hydrogens is 245 g/mol. The lowest BCUT2D eigenvalue weighted by atomic mass is 10.2.